The van der Waals surface area contributed by atoms with Crippen LogP contribution >= 0.6 is 11.6 Å². The third kappa shape index (κ3) is 3.81. The minimum Gasteiger partial charge on any atom is -0.451 e. The van der Waals surface area contributed by atoms with Crippen molar-refractivity contribution < 1.29 is 14.0 Å². The molecule has 4 rings (SSSR count). The summed E-state index contributed by atoms with van der Waals surface area (Å²) in [6.45, 7) is 0. The van der Waals surface area contributed by atoms with E-state index in [9.17, 15) is 14.4 Å². The molecule has 0 radical (unpaired) electrons. The van der Waals surface area contributed by atoms with E-state index in [2.05, 4.69) is 5.32 Å². The number of benzene rings is 3. The highest BCUT2D eigenvalue weighted by Crippen LogP contribution is 2.24. The summed E-state index contributed by atoms with van der Waals surface area (Å²) in [4.78, 5) is 37.5. The molecule has 0 saturated heterocycles. The van der Waals surface area contributed by atoms with E-state index in [1.807, 2.05) is 6.07 Å². The predicted octanol–water partition coefficient (Wildman–Crippen LogP) is 4.93. The first kappa shape index (κ1) is 18.7. The molecule has 1 amide bonds. The lowest BCUT2D eigenvalue weighted by Crippen LogP contribution is -2.15. The van der Waals surface area contributed by atoms with Gasteiger partial charge in [0.1, 0.15) is 5.58 Å². The summed E-state index contributed by atoms with van der Waals surface area (Å²) in [5.41, 5.74) is 1.11. The van der Waals surface area contributed by atoms with Crippen molar-refractivity contribution in [3.8, 4) is 0 Å². The highest BCUT2D eigenvalue weighted by atomic mass is 35.5. The summed E-state index contributed by atoms with van der Waals surface area (Å²) < 4.78 is 5.54. The van der Waals surface area contributed by atoms with Crippen LogP contribution in [0, 0.1) is 0 Å². The molecule has 0 spiro atoms. The normalized spacial score (nSPS) is 10.7. The second-order valence-corrected chi connectivity index (χ2v) is 6.72. The molecule has 6 heteroatoms. The van der Waals surface area contributed by atoms with Gasteiger partial charge in [0.2, 0.25) is 0 Å². The van der Waals surface area contributed by atoms with E-state index in [0.29, 0.717) is 22.2 Å². The lowest BCUT2D eigenvalue weighted by molar-refractivity contribution is 0.0995. The van der Waals surface area contributed by atoms with Gasteiger partial charge in [0.25, 0.3) is 5.91 Å². The van der Waals surface area contributed by atoms with E-state index in [-0.39, 0.29) is 27.6 Å². The second kappa shape index (κ2) is 7.73. The molecule has 0 fully saturated rings. The number of amides is 1. The van der Waals surface area contributed by atoms with Crippen molar-refractivity contribution in [3.05, 3.63) is 111 Å². The molecule has 3 aromatic carbocycles. The van der Waals surface area contributed by atoms with Crippen LogP contribution in [0.2, 0.25) is 5.02 Å². The Morgan fingerprint density at radius 1 is 0.862 bits per heavy atom. The van der Waals surface area contributed by atoms with E-state index in [1.165, 1.54) is 12.1 Å². The number of halogens is 1. The van der Waals surface area contributed by atoms with E-state index >= 15 is 0 Å². The van der Waals surface area contributed by atoms with Gasteiger partial charge in [0, 0.05) is 22.9 Å². The molecule has 1 aromatic heterocycles. The fourth-order valence-electron chi connectivity index (χ4n) is 2.93. The standard InChI is InChI=1S/C23H14ClNO4/c24-18-11-10-15(12-17(18)22(27)14-6-2-1-3-7-14)25-23(28)21-13-19(26)16-8-4-5-9-20(16)29-21/h1-13H,(H,25,28). The smallest absolute Gasteiger partial charge is 0.291 e. The quantitative estimate of drug-likeness (QED) is 0.490. The molecule has 1 heterocycles. The molecule has 4 aromatic rings. The molecule has 0 aliphatic carbocycles. The van der Waals surface area contributed by atoms with Crippen LogP contribution in [-0.4, -0.2) is 11.7 Å². The molecular weight excluding hydrogens is 390 g/mol. The van der Waals surface area contributed by atoms with Crippen molar-refractivity contribution in [2.24, 2.45) is 0 Å². The van der Waals surface area contributed by atoms with Gasteiger partial charge in [0.15, 0.2) is 17.0 Å². The average Bonchev–Trinajstić information content (AvgIpc) is 2.75. The fourth-order valence-corrected chi connectivity index (χ4v) is 3.13. The first-order valence-electron chi connectivity index (χ1n) is 8.76. The number of carbonyl (C=O) groups excluding carboxylic acids is 2. The van der Waals surface area contributed by atoms with Crippen molar-refractivity contribution in [3.63, 3.8) is 0 Å². The summed E-state index contributed by atoms with van der Waals surface area (Å²) in [6, 6.07) is 21.1. The summed E-state index contributed by atoms with van der Waals surface area (Å²) in [5.74, 6) is -0.989. The molecule has 0 atom stereocenters. The Hall–Kier alpha value is -3.70. The van der Waals surface area contributed by atoms with Crippen molar-refractivity contribution in [2.45, 2.75) is 0 Å². The largest absolute Gasteiger partial charge is 0.451 e. The predicted molar refractivity (Wildman–Crippen MR) is 112 cm³/mol. The Bertz CT molecular complexity index is 1300. The Morgan fingerprint density at radius 2 is 1.59 bits per heavy atom. The zero-order valence-electron chi connectivity index (χ0n) is 15.0. The number of ketones is 1. The minimum absolute atomic E-state index is 0.125. The number of nitrogens with one attached hydrogen (secondary N) is 1. The number of rotatable bonds is 4. The molecular formula is C23H14ClNO4. The topological polar surface area (TPSA) is 76.4 Å². The van der Waals surface area contributed by atoms with Crippen LogP contribution in [0.1, 0.15) is 26.5 Å². The lowest BCUT2D eigenvalue weighted by atomic mass is 10.0. The van der Waals surface area contributed by atoms with E-state index in [4.69, 9.17) is 16.0 Å². The maximum Gasteiger partial charge on any atom is 0.291 e. The zero-order chi connectivity index (χ0) is 20.4. The fraction of sp³-hybridized carbons (Fsp3) is 0. The molecule has 1 N–H and O–H groups in total. The van der Waals surface area contributed by atoms with Crippen LogP contribution in [0.5, 0.6) is 0 Å². The highest BCUT2D eigenvalue weighted by Gasteiger charge is 2.16. The number of hydrogen-bond acceptors (Lipinski definition) is 4. The molecule has 0 saturated carbocycles. The van der Waals surface area contributed by atoms with Gasteiger partial charge in [-0.1, -0.05) is 54.1 Å². The first-order valence-corrected chi connectivity index (χ1v) is 9.14. The average molecular weight is 404 g/mol. The Balaban J connectivity index is 1.64. The summed E-state index contributed by atoms with van der Waals surface area (Å²) >= 11 is 6.19. The summed E-state index contributed by atoms with van der Waals surface area (Å²) in [5, 5.41) is 3.31. The molecule has 0 aliphatic heterocycles. The van der Waals surface area contributed by atoms with Crippen molar-refractivity contribution >= 4 is 39.9 Å². The number of para-hydroxylation sites is 1. The number of hydrogen-bond donors (Lipinski definition) is 1. The van der Waals surface area contributed by atoms with Crippen LogP contribution in [0.15, 0.2) is 88.1 Å². The van der Waals surface area contributed by atoms with Crippen LogP contribution in [0.4, 0.5) is 5.69 Å². The van der Waals surface area contributed by atoms with Crippen LogP contribution in [0.3, 0.4) is 0 Å². The van der Waals surface area contributed by atoms with Crippen LogP contribution < -0.4 is 10.7 Å². The molecule has 0 bridgehead atoms. The van der Waals surface area contributed by atoms with Crippen molar-refractivity contribution in [2.75, 3.05) is 5.32 Å². The zero-order valence-corrected chi connectivity index (χ0v) is 15.8. The number of fused-ring (bicyclic) bond motifs is 1. The van der Waals surface area contributed by atoms with Gasteiger partial charge in [-0.05, 0) is 30.3 Å². The van der Waals surface area contributed by atoms with Gasteiger partial charge in [-0.2, -0.15) is 0 Å². The van der Waals surface area contributed by atoms with Crippen LogP contribution in [-0.2, 0) is 0 Å². The molecule has 29 heavy (non-hydrogen) atoms. The number of carbonyl (C=O) groups is 2. The maximum atomic E-state index is 12.7. The van der Waals surface area contributed by atoms with Crippen molar-refractivity contribution in [1.29, 1.82) is 0 Å². The Morgan fingerprint density at radius 3 is 2.38 bits per heavy atom. The van der Waals surface area contributed by atoms with Crippen molar-refractivity contribution in [1.82, 2.24) is 0 Å². The second-order valence-electron chi connectivity index (χ2n) is 6.31. The van der Waals surface area contributed by atoms with Gasteiger partial charge in [-0.15, -0.1) is 0 Å². The molecule has 5 nitrogen and oxygen atoms in total. The van der Waals surface area contributed by atoms with Gasteiger partial charge in [0.05, 0.1) is 10.4 Å². The van der Waals surface area contributed by atoms with Gasteiger partial charge in [-0.3, -0.25) is 14.4 Å². The van der Waals surface area contributed by atoms with E-state index in [0.717, 1.165) is 6.07 Å². The minimum atomic E-state index is -0.603. The summed E-state index contributed by atoms with van der Waals surface area (Å²) in [6.07, 6.45) is 0. The first-order chi connectivity index (χ1) is 14.0. The molecule has 142 valence electrons. The highest BCUT2D eigenvalue weighted by molar-refractivity contribution is 6.35. The monoisotopic (exact) mass is 403 g/mol. The van der Waals surface area contributed by atoms with E-state index in [1.54, 1.807) is 54.6 Å². The molecule has 0 aliphatic rings. The third-order valence-electron chi connectivity index (χ3n) is 4.36. The van der Waals surface area contributed by atoms with Crippen LogP contribution in [0.25, 0.3) is 11.0 Å². The SMILES string of the molecule is O=C(Nc1ccc(Cl)c(C(=O)c2ccccc2)c1)c1cc(=O)c2ccccc2o1. The van der Waals surface area contributed by atoms with E-state index < -0.39 is 5.91 Å². The van der Waals surface area contributed by atoms with Gasteiger partial charge in [-0.25, -0.2) is 0 Å². The lowest BCUT2D eigenvalue weighted by Gasteiger charge is -2.09. The third-order valence-corrected chi connectivity index (χ3v) is 4.69. The Labute approximate surface area is 170 Å². The summed E-state index contributed by atoms with van der Waals surface area (Å²) in [7, 11) is 0. The Kier molecular flexibility index (Phi) is 4.97. The number of anilines is 1. The van der Waals surface area contributed by atoms with Gasteiger partial charge >= 0.3 is 0 Å². The molecule has 0 unspecified atom stereocenters. The van der Waals surface area contributed by atoms with Gasteiger partial charge < -0.3 is 9.73 Å². The maximum absolute atomic E-state index is 12.7.